The normalized spacial score (nSPS) is 13.4. The van der Waals surface area contributed by atoms with Gasteiger partial charge in [0.1, 0.15) is 0 Å². The zero-order chi connectivity index (χ0) is 31.6. The molecule has 0 unspecified atom stereocenters. The molecule has 0 saturated carbocycles. The van der Waals surface area contributed by atoms with Gasteiger partial charge < -0.3 is 9.38 Å². The number of aryl methyl sites for hydroxylation is 1. The van der Waals surface area contributed by atoms with Gasteiger partial charge in [0.15, 0.2) is 0 Å². The van der Waals surface area contributed by atoms with Crippen LogP contribution in [0.4, 0.5) is 16.4 Å². The third-order valence-electron chi connectivity index (χ3n) is 10.4. The summed E-state index contributed by atoms with van der Waals surface area (Å²) in [5, 5.41) is 5.31. The topological polar surface area (TPSA) is 8.17 Å². The third kappa shape index (κ3) is 3.68. The predicted octanol–water partition coefficient (Wildman–Crippen LogP) is 10.7. The van der Waals surface area contributed by atoms with Gasteiger partial charge in [-0.2, -0.15) is 0 Å². The van der Waals surface area contributed by atoms with Crippen LogP contribution in [-0.4, -0.2) is 11.3 Å². The molecule has 2 nitrogen and oxygen atoms in total. The number of para-hydroxylation sites is 2. The van der Waals surface area contributed by atoms with E-state index in [1.54, 1.807) is 0 Å². The second-order valence-corrected chi connectivity index (χ2v) is 15.3. The van der Waals surface area contributed by atoms with E-state index >= 15 is 0 Å². The highest BCUT2D eigenvalue weighted by molar-refractivity contribution is 7.26. The van der Waals surface area contributed by atoms with Crippen LogP contribution >= 0.6 is 11.3 Å². The molecule has 10 rings (SSSR count). The molecule has 47 heavy (non-hydrogen) atoms. The maximum atomic E-state index is 2.66. The summed E-state index contributed by atoms with van der Waals surface area (Å²) >= 11 is 1.93. The maximum absolute atomic E-state index is 2.66. The molecule has 8 aromatic rings. The Morgan fingerprint density at radius 2 is 1.34 bits per heavy atom. The number of hydrogen-bond acceptors (Lipinski definition) is 2. The molecule has 224 valence electrons. The minimum Gasteiger partial charge on any atom is -0.375 e. The molecule has 0 saturated heterocycles. The van der Waals surface area contributed by atoms with Crippen molar-refractivity contribution < 1.29 is 0 Å². The second-order valence-electron chi connectivity index (χ2n) is 14.2. The average Bonchev–Trinajstić information content (AvgIpc) is 3.63. The highest BCUT2D eigenvalue weighted by Crippen LogP contribution is 2.50. The average molecular weight is 621 g/mol. The Hall–Kier alpha value is -5.06. The van der Waals surface area contributed by atoms with Crippen LogP contribution in [0.3, 0.4) is 0 Å². The van der Waals surface area contributed by atoms with Gasteiger partial charge in [-0.15, -0.1) is 11.3 Å². The molecule has 0 aliphatic carbocycles. The summed E-state index contributed by atoms with van der Waals surface area (Å²) in [6.45, 7) is 9.25. The summed E-state index contributed by atoms with van der Waals surface area (Å²) in [4.78, 5) is 2.61. The second kappa shape index (κ2) is 9.50. The quantitative estimate of drug-likeness (QED) is 0.175. The number of fused-ring (bicyclic) bond motifs is 9. The number of benzene rings is 6. The van der Waals surface area contributed by atoms with Gasteiger partial charge in [-0.05, 0) is 81.2 Å². The van der Waals surface area contributed by atoms with E-state index in [1.165, 1.54) is 92.6 Å². The van der Waals surface area contributed by atoms with Crippen LogP contribution in [0.2, 0.25) is 0 Å². The van der Waals surface area contributed by atoms with Crippen molar-refractivity contribution in [2.24, 2.45) is 0 Å². The molecule has 0 spiro atoms. The van der Waals surface area contributed by atoms with E-state index in [-0.39, 0.29) is 12.3 Å². The SMILES string of the molecule is Cc1cc2c3c(c1)N(c1ccc(C(C)(C)C)cc1-c1ccccc1)c1sc4ccccc4c1B3n1c3ccccc3c3cccc-2c31. The van der Waals surface area contributed by atoms with E-state index in [1.807, 2.05) is 11.3 Å². The first-order valence-corrected chi connectivity index (χ1v) is 17.4. The number of nitrogens with zero attached hydrogens (tertiary/aromatic N) is 2. The van der Waals surface area contributed by atoms with Crippen LogP contribution in [0.15, 0.2) is 127 Å². The fourth-order valence-corrected chi connectivity index (χ4v) is 9.55. The fraction of sp³-hybridized carbons (Fsp3) is 0.116. The monoisotopic (exact) mass is 620 g/mol. The standard InChI is InChI=1S/C43H33BN2S/c1-26-23-34-31-18-12-17-30-29-15-8-10-19-36(29)46(41(30)31)44-39(34)37(24-26)45(42-40(44)32-16-9-11-20-38(32)47-42)35-22-21-28(43(2,3)4)25-33(35)27-13-6-5-7-14-27/h5-25H,1-4H3. The van der Waals surface area contributed by atoms with E-state index in [9.17, 15) is 0 Å². The van der Waals surface area contributed by atoms with E-state index in [0.29, 0.717) is 0 Å². The summed E-state index contributed by atoms with van der Waals surface area (Å²) in [5.41, 5.74) is 15.8. The van der Waals surface area contributed by atoms with Crippen LogP contribution in [-0.2, 0) is 5.41 Å². The van der Waals surface area contributed by atoms with E-state index in [2.05, 4.69) is 164 Å². The van der Waals surface area contributed by atoms with Crippen LogP contribution in [0.25, 0.3) is 54.1 Å². The van der Waals surface area contributed by atoms with Crippen LogP contribution in [0.5, 0.6) is 0 Å². The number of hydrogen-bond donors (Lipinski definition) is 0. The highest BCUT2D eigenvalue weighted by atomic mass is 32.1. The Morgan fingerprint density at radius 3 is 2.17 bits per heavy atom. The number of thiophene rings is 1. The molecular weight excluding hydrogens is 587 g/mol. The largest absolute Gasteiger partial charge is 0.375 e. The minimum atomic E-state index is 0.0326. The lowest BCUT2D eigenvalue weighted by atomic mass is 9.45. The smallest absolute Gasteiger partial charge is 0.334 e. The predicted molar refractivity (Wildman–Crippen MR) is 204 cm³/mol. The van der Waals surface area contributed by atoms with Crippen molar-refractivity contribution in [1.82, 2.24) is 4.48 Å². The number of aromatic nitrogens is 1. The Kier molecular flexibility index (Phi) is 5.47. The van der Waals surface area contributed by atoms with Gasteiger partial charge >= 0.3 is 6.85 Å². The maximum Gasteiger partial charge on any atom is 0.334 e. The lowest BCUT2D eigenvalue weighted by Crippen LogP contribution is -2.56. The highest BCUT2D eigenvalue weighted by Gasteiger charge is 2.45. The molecule has 0 radical (unpaired) electrons. The molecule has 2 aliphatic heterocycles. The van der Waals surface area contributed by atoms with Crippen molar-refractivity contribution in [3.63, 3.8) is 0 Å². The lowest BCUT2D eigenvalue weighted by molar-refractivity contribution is 0.590. The molecule has 4 heteroatoms. The molecule has 0 bridgehead atoms. The first-order chi connectivity index (χ1) is 22.9. The van der Waals surface area contributed by atoms with Gasteiger partial charge in [-0.1, -0.05) is 118 Å². The summed E-state index contributed by atoms with van der Waals surface area (Å²) in [5.74, 6) is 0. The van der Waals surface area contributed by atoms with Crippen molar-refractivity contribution in [2.45, 2.75) is 33.1 Å². The Bertz CT molecular complexity index is 2580. The fourth-order valence-electron chi connectivity index (χ4n) is 8.29. The molecule has 2 aliphatic rings. The molecule has 4 heterocycles. The van der Waals surface area contributed by atoms with Crippen LogP contribution in [0.1, 0.15) is 31.9 Å². The Labute approximate surface area is 279 Å². The van der Waals surface area contributed by atoms with Gasteiger partial charge in [0, 0.05) is 43.3 Å². The van der Waals surface area contributed by atoms with E-state index < -0.39 is 0 Å². The number of anilines is 3. The van der Waals surface area contributed by atoms with Gasteiger partial charge in [0.05, 0.1) is 10.7 Å². The molecule has 0 fully saturated rings. The van der Waals surface area contributed by atoms with Crippen molar-refractivity contribution >= 4 is 77.4 Å². The van der Waals surface area contributed by atoms with Crippen molar-refractivity contribution in [1.29, 1.82) is 0 Å². The Morgan fingerprint density at radius 1 is 0.596 bits per heavy atom. The summed E-state index contributed by atoms with van der Waals surface area (Å²) < 4.78 is 3.99. The summed E-state index contributed by atoms with van der Waals surface area (Å²) in [6.07, 6.45) is 0. The zero-order valence-corrected chi connectivity index (χ0v) is 27.8. The molecule has 2 aromatic heterocycles. The van der Waals surface area contributed by atoms with Crippen molar-refractivity contribution in [2.75, 3.05) is 4.90 Å². The molecule has 0 N–H and O–H groups in total. The third-order valence-corrected chi connectivity index (χ3v) is 11.5. The Balaban J connectivity index is 1.38. The van der Waals surface area contributed by atoms with E-state index in [4.69, 9.17) is 0 Å². The van der Waals surface area contributed by atoms with Crippen molar-refractivity contribution in [3.8, 4) is 22.3 Å². The first-order valence-electron chi connectivity index (χ1n) is 16.6. The van der Waals surface area contributed by atoms with Gasteiger partial charge in [0.25, 0.3) is 0 Å². The van der Waals surface area contributed by atoms with Crippen LogP contribution < -0.4 is 15.8 Å². The number of rotatable bonds is 2. The first kappa shape index (κ1) is 27.1. The molecule has 0 atom stereocenters. The van der Waals surface area contributed by atoms with Gasteiger partial charge in [-0.3, -0.25) is 0 Å². The van der Waals surface area contributed by atoms with Crippen LogP contribution in [0, 0.1) is 6.92 Å². The van der Waals surface area contributed by atoms with Crippen molar-refractivity contribution in [3.05, 3.63) is 139 Å². The molecule has 6 aromatic carbocycles. The summed E-state index contributed by atoms with van der Waals surface area (Å²) in [6, 6.07) is 47.9. The molecule has 0 amide bonds. The molecular formula is C43H33BN2S. The van der Waals surface area contributed by atoms with Gasteiger partial charge in [-0.25, -0.2) is 0 Å². The zero-order valence-electron chi connectivity index (χ0n) is 27.0. The summed E-state index contributed by atoms with van der Waals surface area (Å²) in [7, 11) is 0. The lowest BCUT2D eigenvalue weighted by Gasteiger charge is -2.40. The minimum absolute atomic E-state index is 0.0326. The van der Waals surface area contributed by atoms with Gasteiger partial charge in [0.2, 0.25) is 0 Å². The van der Waals surface area contributed by atoms with E-state index in [0.717, 1.165) is 0 Å².